The fraction of sp³-hybridized carbons (Fsp3) is 0.286. The van der Waals surface area contributed by atoms with Gasteiger partial charge in [-0.2, -0.15) is 0 Å². The molecule has 0 aliphatic rings. The van der Waals surface area contributed by atoms with E-state index in [9.17, 15) is 4.79 Å². The van der Waals surface area contributed by atoms with Crippen LogP contribution in [0.15, 0.2) is 24.3 Å². The van der Waals surface area contributed by atoms with Gasteiger partial charge in [0.25, 0.3) is 0 Å². The highest BCUT2D eigenvalue weighted by Gasteiger charge is 1.62. The lowest BCUT2D eigenvalue weighted by atomic mass is 10.4. The van der Waals surface area contributed by atoms with Crippen LogP contribution in [-0.2, 0) is 4.79 Å². The fourth-order valence-electron chi connectivity index (χ4n) is 0.309. The molecule has 0 fully saturated rings. The highest BCUT2D eigenvalue weighted by atomic mass is 16.1. The second kappa shape index (κ2) is 6.15. The van der Waals surface area contributed by atoms with Gasteiger partial charge in [-0.05, 0) is 12.5 Å². The van der Waals surface area contributed by atoms with E-state index in [4.69, 9.17) is 0 Å². The van der Waals surface area contributed by atoms with Crippen molar-refractivity contribution in [3.05, 3.63) is 24.3 Å². The average Bonchev–Trinajstić information content (AvgIpc) is 1.81. The molecule has 0 heterocycles. The molecule has 1 nitrogen and oxygen atoms in total. The summed E-state index contributed by atoms with van der Waals surface area (Å²) in [6, 6.07) is 0. The Morgan fingerprint density at radius 2 is 2.25 bits per heavy atom. The Labute approximate surface area is 49.7 Å². The monoisotopic (exact) mass is 109 g/mol. The van der Waals surface area contributed by atoms with Gasteiger partial charge in [0, 0.05) is 0 Å². The first-order valence-corrected chi connectivity index (χ1v) is 2.61. The van der Waals surface area contributed by atoms with Gasteiger partial charge in [0.1, 0.15) is 0 Å². The molecule has 0 atom stereocenters. The molecule has 0 bridgehead atoms. The first-order chi connectivity index (χ1) is 3.91. The van der Waals surface area contributed by atoms with Gasteiger partial charge >= 0.3 is 0 Å². The largest absolute Gasteiger partial charge is 0.286 e. The Balaban J connectivity index is 3.26. The number of hydrogen-bond acceptors (Lipinski definition) is 1. The van der Waals surface area contributed by atoms with Crippen LogP contribution in [0.5, 0.6) is 0 Å². The summed E-state index contributed by atoms with van der Waals surface area (Å²) >= 11 is 0. The van der Waals surface area contributed by atoms with Crippen LogP contribution in [0, 0.1) is 0 Å². The highest BCUT2D eigenvalue weighted by Crippen LogP contribution is 1.79. The maximum Gasteiger partial charge on any atom is 0.225 e. The maximum atomic E-state index is 9.52. The molecule has 8 heavy (non-hydrogen) atoms. The Kier molecular flexibility index (Phi) is 5.50. The van der Waals surface area contributed by atoms with Gasteiger partial charge in [0.15, 0.2) is 0 Å². The Morgan fingerprint density at radius 3 is 2.75 bits per heavy atom. The summed E-state index contributed by atoms with van der Waals surface area (Å²) in [4.78, 5) is 9.52. The van der Waals surface area contributed by atoms with Crippen LogP contribution in [-0.4, -0.2) is 6.29 Å². The molecule has 43 valence electrons. The quantitative estimate of drug-likeness (QED) is 0.397. The zero-order valence-corrected chi connectivity index (χ0v) is 4.92. The first-order valence-electron chi connectivity index (χ1n) is 2.61. The molecule has 0 aliphatic carbocycles. The number of allylic oxidation sites excluding steroid dienone is 4. The maximum absolute atomic E-state index is 9.52. The summed E-state index contributed by atoms with van der Waals surface area (Å²) in [5.41, 5.74) is 0. The average molecular weight is 109 g/mol. The summed E-state index contributed by atoms with van der Waals surface area (Å²) in [5.74, 6) is 0. The molecule has 0 amide bonds. The predicted molar refractivity (Wildman–Crippen MR) is 34.3 cm³/mol. The molecule has 0 aliphatic heterocycles. The number of carbonyl (C=O) groups excluding carboxylic acids is 1. The summed E-state index contributed by atoms with van der Waals surface area (Å²) in [5, 5.41) is 0. The van der Waals surface area contributed by atoms with Crippen LogP contribution in [0.4, 0.5) is 0 Å². The van der Waals surface area contributed by atoms with Gasteiger partial charge in [0.05, 0.1) is 0 Å². The van der Waals surface area contributed by atoms with Crippen molar-refractivity contribution in [3.63, 3.8) is 0 Å². The van der Waals surface area contributed by atoms with E-state index in [2.05, 4.69) is 0 Å². The zero-order valence-electron chi connectivity index (χ0n) is 4.92. The topological polar surface area (TPSA) is 17.1 Å². The molecule has 1 heteroatoms. The van der Waals surface area contributed by atoms with Crippen LogP contribution in [0.1, 0.15) is 13.3 Å². The van der Waals surface area contributed by atoms with Crippen LogP contribution in [0.2, 0.25) is 0 Å². The molecule has 0 aromatic carbocycles. The summed E-state index contributed by atoms with van der Waals surface area (Å²) in [7, 11) is 0. The van der Waals surface area contributed by atoms with Crippen LogP contribution < -0.4 is 0 Å². The SMILES string of the molecule is CC/C=C/C=C/[C]=O. The number of rotatable bonds is 3. The smallest absolute Gasteiger partial charge is 0.225 e. The third kappa shape index (κ3) is 5.15. The van der Waals surface area contributed by atoms with Crippen molar-refractivity contribution in [2.24, 2.45) is 0 Å². The standard InChI is InChI=1S/C7H9O/c1-2-3-4-5-6-7-8/h3-6H,2H2,1H3/b4-3+,6-5+. The molecule has 0 N–H and O–H groups in total. The van der Waals surface area contributed by atoms with Gasteiger partial charge in [-0.25, -0.2) is 0 Å². The predicted octanol–water partition coefficient (Wildman–Crippen LogP) is 1.62. The summed E-state index contributed by atoms with van der Waals surface area (Å²) in [6.07, 6.45) is 9.44. The highest BCUT2D eigenvalue weighted by molar-refractivity contribution is 5.66. The van der Waals surface area contributed by atoms with Gasteiger partial charge in [-0.3, -0.25) is 4.79 Å². The van der Waals surface area contributed by atoms with Crippen molar-refractivity contribution in [2.45, 2.75) is 13.3 Å². The van der Waals surface area contributed by atoms with Crippen molar-refractivity contribution in [1.82, 2.24) is 0 Å². The minimum Gasteiger partial charge on any atom is -0.286 e. The third-order valence-corrected chi connectivity index (χ3v) is 0.647. The van der Waals surface area contributed by atoms with E-state index in [-0.39, 0.29) is 0 Å². The van der Waals surface area contributed by atoms with Crippen LogP contribution >= 0.6 is 0 Å². The molecular weight excluding hydrogens is 100 g/mol. The van der Waals surface area contributed by atoms with Gasteiger partial charge in [-0.15, -0.1) is 0 Å². The molecule has 0 rings (SSSR count). The second-order valence-corrected chi connectivity index (χ2v) is 1.31. The second-order valence-electron chi connectivity index (χ2n) is 1.31. The molecule has 0 spiro atoms. The van der Waals surface area contributed by atoms with E-state index in [1.54, 1.807) is 12.4 Å². The molecule has 0 aromatic heterocycles. The Hall–Kier alpha value is -0.850. The van der Waals surface area contributed by atoms with E-state index in [0.717, 1.165) is 6.42 Å². The Bertz CT molecular complexity index is 101. The van der Waals surface area contributed by atoms with E-state index < -0.39 is 0 Å². The van der Waals surface area contributed by atoms with Crippen molar-refractivity contribution in [2.75, 3.05) is 0 Å². The van der Waals surface area contributed by atoms with E-state index in [1.165, 1.54) is 6.08 Å². The first kappa shape index (κ1) is 7.15. The lowest BCUT2D eigenvalue weighted by Crippen LogP contribution is -1.55. The lowest BCUT2D eigenvalue weighted by Gasteiger charge is -1.69. The normalized spacial score (nSPS) is 11.1. The molecule has 0 aromatic rings. The van der Waals surface area contributed by atoms with Gasteiger partial charge in [0.2, 0.25) is 6.29 Å². The van der Waals surface area contributed by atoms with E-state index in [1.807, 2.05) is 19.1 Å². The molecule has 0 saturated heterocycles. The molecule has 1 radical (unpaired) electrons. The van der Waals surface area contributed by atoms with Crippen LogP contribution in [0.25, 0.3) is 0 Å². The van der Waals surface area contributed by atoms with Crippen molar-refractivity contribution in [1.29, 1.82) is 0 Å². The third-order valence-electron chi connectivity index (χ3n) is 0.647. The Morgan fingerprint density at radius 1 is 1.50 bits per heavy atom. The summed E-state index contributed by atoms with van der Waals surface area (Å²) in [6.45, 7) is 2.04. The van der Waals surface area contributed by atoms with E-state index >= 15 is 0 Å². The molecule has 0 saturated carbocycles. The molecular formula is C7H9O. The van der Waals surface area contributed by atoms with E-state index in [0.29, 0.717) is 0 Å². The van der Waals surface area contributed by atoms with Crippen molar-refractivity contribution < 1.29 is 4.79 Å². The van der Waals surface area contributed by atoms with Crippen molar-refractivity contribution >= 4 is 6.29 Å². The minimum absolute atomic E-state index is 1.00. The van der Waals surface area contributed by atoms with Gasteiger partial charge < -0.3 is 0 Å². The van der Waals surface area contributed by atoms with Gasteiger partial charge in [-0.1, -0.05) is 25.2 Å². The number of hydrogen-bond donors (Lipinski definition) is 0. The minimum atomic E-state index is 1.00. The zero-order chi connectivity index (χ0) is 6.24. The summed E-state index contributed by atoms with van der Waals surface area (Å²) < 4.78 is 0. The van der Waals surface area contributed by atoms with Crippen molar-refractivity contribution in [3.8, 4) is 0 Å². The molecule has 0 unspecified atom stereocenters. The fourth-order valence-corrected chi connectivity index (χ4v) is 0.309. The van der Waals surface area contributed by atoms with Crippen LogP contribution in [0.3, 0.4) is 0 Å². The lowest BCUT2D eigenvalue weighted by molar-refractivity contribution is 0.564.